The summed E-state index contributed by atoms with van der Waals surface area (Å²) in [5, 5.41) is 3.62. The summed E-state index contributed by atoms with van der Waals surface area (Å²) in [5.41, 5.74) is 0. The molecule has 1 aliphatic carbocycles. The van der Waals surface area contributed by atoms with Gasteiger partial charge >= 0.3 is 5.97 Å². The van der Waals surface area contributed by atoms with Crippen LogP contribution in [0.1, 0.15) is 29.4 Å². The monoisotopic (exact) mass is 224 g/mol. The Bertz CT molecular complexity index is 407. The molecule has 0 spiro atoms. The SMILES string of the molecule is CCOC(=O)c1noc(C2C3COCC32)n1. The van der Waals surface area contributed by atoms with Crippen LogP contribution in [0.2, 0.25) is 0 Å². The minimum atomic E-state index is -0.528. The third-order valence-corrected chi connectivity index (χ3v) is 3.14. The molecular weight excluding hydrogens is 212 g/mol. The van der Waals surface area contributed by atoms with Crippen LogP contribution in [0.5, 0.6) is 0 Å². The van der Waals surface area contributed by atoms with E-state index < -0.39 is 5.97 Å². The van der Waals surface area contributed by atoms with Gasteiger partial charge in [-0.3, -0.25) is 0 Å². The highest BCUT2D eigenvalue weighted by Crippen LogP contribution is 2.56. The molecule has 2 aliphatic rings. The van der Waals surface area contributed by atoms with Crippen molar-refractivity contribution in [3.63, 3.8) is 0 Å². The average Bonchev–Trinajstić information content (AvgIpc) is 2.76. The van der Waals surface area contributed by atoms with Crippen LogP contribution in [0.3, 0.4) is 0 Å². The van der Waals surface area contributed by atoms with Crippen LogP contribution >= 0.6 is 0 Å². The van der Waals surface area contributed by atoms with E-state index in [-0.39, 0.29) is 11.7 Å². The molecule has 1 saturated heterocycles. The summed E-state index contributed by atoms with van der Waals surface area (Å²) >= 11 is 0. The van der Waals surface area contributed by atoms with Crippen molar-refractivity contribution < 1.29 is 18.8 Å². The van der Waals surface area contributed by atoms with Gasteiger partial charge in [-0.1, -0.05) is 0 Å². The second-order valence-electron chi connectivity index (χ2n) is 4.07. The van der Waals surface area contributed by atoms with E-state index in [9.17, 15) is 4.79 Å². The smallest absolute Gasteiger partial charge is 0.379 e. The van der Waals surface area contributed by atoms with Crippen LogP contribution in [0.4, 0.5) is 0 Å². The lowest BCUT2D eigenvalue weighted by Crippen LogP contribution is -2.06. The van der Waals surface area contributed by atoms with E-state index in [1.54, 1.807) is 6.92 Å². The van der Waals surface area contributed by atoms with Gasteiger partial charge in [0.15, 0.2) is 0 Å². The summed E-state index contributed by atoms with van der Waals surface area (Å²) in [6, 6.07) is 0. The summed E-state index contributed by atoms with van der Waals surface area (Å²) in [5.74, 6) is 1.30. The fourth-order valence-electron chi connectivity index (χ4n) is 2.26. The van der Waals surface area contributed by atoms with Gasteiger partial charge in [0.25, 0.3) is 5.82 Å². The number of fused-ring (bicyclic) bond motifs is 1. The standard InChI is InChI=1S/C10H12N2O4/c1-2-15-10(13)8-11-9(16-12-8)7-5-3-14-4-6(5)7/h5-7H,2-4H2,1H3. The molecule has 0 bridgehead atoms. The van der Waals surface area contributed by atoms with Gasteiger partial charge in [0.2, 0.25) is 5.89 Å². The summed E-state index contributed by atoms with van der Waals surface area (Å²) < 4.78 is 15.1. The molecule has 3 rings (SSSR count). The van der Waals surface area contributed by atoms with E-state index in [4.69, 9.17) is 14.0 Å². The van der Waals surface area contributed by atoms with Gasteiger partial charge in [-0.2, -0.15) is 4.98 Å². The van der Waals surface area contributed by atoms with Crippen LogP contribution in [0.25, 0.3) is 0 Å². The zero-order valence-corrected chi connectivity index (χ0v) is 8.88. The third kappa shape index (κ3) is 1.41. The Kier molecular flexibility index (Phi) is 2.17. The molecule has 0 radical (unpaired) electrons. The van der Waals surface area contributed by atoms with E-state index in [0.717, 1.165) is 13.2 Å². The molecule has 0 aromatic carbocycles. The maximum atomic E-state index is 11.3. The maximum absolute atomic E-state index is 11.3. The lowest BCUT2D eigenvalue weighted by molar-refractivity contribution is 0.0508. The van der Waals surface area contributed by atoms with Crippen molar-refractivity contribution >= 4 is 5.97 Å². The van der Waals surface area contributed by atoms with E-state index >= 15 is 0 Å². The fourth-order valence-corrected chi connectivity index (χ4v) is 2.26. The fraction of sp³-hybridized carbons (Fsp3) is 0.700. The number of nitrogens with zero attached hydrogens (tertiary/aromatic N) is 2. The van der Waals surface area contributed by atoms with Gasteiger partial charge < -0.3 is 14.0 Å². The lowest BCUT2D eigenvalue weighted by atomic mass is 10.3. The molecule has 2 fully saturated rings. The Morgan fingerprint density at radius 3 is 2.94 bits per heavy atom. The number of hydrogen-bond donors (Lipinski definition) is 0. The van der Waals surface area contributed by atoms with Crippen molar-refractivity contribution in [2.75, 3.05) is 19.8 Å². The minimum Gasteiger partial charge on any atom is -0.460 e. The molecule has 1 aliphatic heterocycles. The minimum absolute atomic E-state index is 0.0164. The normalized spacial score (nSPS) is 31.2. The van der Waals surface area contributed by atoms with Crippen LogP contribution in [0.15, 0.2) is 4.52 Å². The topological polar surface area (TPSA) is 74.5 Å². The first-order valence-corrected chi connectivity index (χ1v) is 5.39. The van der Waals surface area contributed by atoms with E-state index in [1.165, 1.54) is 0 Å². The molecule has 0 N–H and O–H groups in total. The van der Waals surface area contributed by atoms with E-state index in [0.29, 0.717) is 24.3 Å². The number of carbonyl (C=O) groups is 1. The Morgan fingerprint density at radius 2 is 2.25 bits per heavy atom. The van der Waals surface area contributed by atoms with Gasteiger partial charge in [-0.25, -0.2) is 4.79 Å². The molecule has 6 heteroatoms. The summed E-state index contributed by atoms with van der Waals surface area (Å²) in [6.45, 7) is 3.56. The van der Waals surface area contributed by atoms with Crippen LogP contribution in [-0.2, 0) is 9.47 Å². The molecule has 16 heavy (non-hydrogen) atoms. The number of carbonyl (C=O) groups excluding carboxylic acids is 1. The first-order chi connectivity index (χ1) is 7.81. The third-order valence-electron chi connectivity index (χ3n) is 3.14. The Hall–Kier alpha value is -1.43. The molecule has 1 aromatic heterocycles. The Labute approximate surface area is 91.9 Å². The largest absolute Gasteiger partial charge is 0.460 e. The van der Waals surface area contributed by atoms with Crippen LogP contribution in [0, 0.1) is 11.8 Å². The van der Waals surface area contributed by atoms with Crippen molar-refractivity contribution in [2.24, 2.45) is 11.8 Å². The zero-order valence-electron chi connectivity index (χ0n) is 8.88. The highest BCUT2D eigenvalue weighted by Gasteiger charge is 2.57. The second-order valence-corrected chi connectivity index (χ2v) is 4.07. The number of ether oxygens (including phenoxy) is 2. The molecule has 2 atom stereocenters. The first-order valence-electron chi connectivity index (χ1n) is 5.39. The maximum Gasteiger partial charge on any atom is 0.379 e. The van der Waals surface area contributed by atoms with Crippen LogP contribution < -0.4 is 0 Å². The molecule has 86 valence electrons. The van der Waals surface area contributed by atoms with Crippen molar-refractivity contribution in [1.29, 1.82) is 0 Å². The Morgan fingerprint density at radius 1 is 1.50 bits per heavy atom. The molecule has 6 nitrogen and oxygen atoms in total. The second kappa shape index (κ2) is 3.55. The zero-order chi connectivity index (χ0) is 11.1. The van der Waals surface area contributed by atoms with Crippen molar-refractivity contribution in [3.8, 4) is 0 Å². The highest BCUT2D eigenvalue weighted by atomic mass is 16.5. The molecule has 2 unspecified atom stereocenters. The summed E-state index contributed by atoms with van der Waals surface area (Å²) in [6.07, 6.45) is 0. The summed E-state index contributed by atoms with van der Waals surface area (Å²) in [4.78, 5) is 15.4. The van der Waals surface area contributed by atoms with Crippen molar-refractivity contribution in [3.05, 3.63) is 11.7 Å². The van der Waals surface area contributed by atoms with Crippen LogP contribution in [-0.4, -0.2) is 35.9 Å². The number of aromatic nitrogens is 2. The Balaban J connectivity index is 1.71. The molecular formula is C10H12N2O4. The predicted molar refractivity (Wildman–Crippen MR) is 50.8 cm³/mol. The van der Waals surface area contributed by atoms with Gasteiger partial charge in [-0.05, 0) is 23.9 Å². The van der Waals surface area contributed by atoms with Gasteiger partial charge in [0.1, 0.15) is 0 Å². The van der Waals surface area contributed by atoms with Gasteiger partial charge in [0.05, 0.1) is 19.8 Å². The highest BCUT2D eigenvalue weighted by molar-refractivity contribution is 5.84. The molecule has 1 aromatic rings. The number of esters is 1. The van der Waals surface area contributed by atoms with E-state index in [1.807, 2.05) is 0 Å². The van der Waals surface area contributed by atoms with Gasteiger partial charge in [0, 0.05) is 5.92 Å². The van der Waals surface area contributed by atoms with Crippen molar-refractivity contribution in [2.45, 2.75) is 12.8 Å². The number of hydrogen-bond acceptors (Lipinski definition) is 6. The van der Waals surface area contributed by atoms with Gasteiger partial charge in [-0.15, -0.1) is 0 Å². The van der Waals surface area contributed by atoms with Crippen molar-refractivity contribution in [1.82, 2.24) is 10.1 Å². The predicted octanol–water partition coefficient (Wildman–Crippen LogP) is 0.606. The summed E-state index contributed by atoms with van der Waals surface area (Å²) in [7, 11) is 0. The lowest BCUT2D eigenvalue weighted by Gasteiger charge is -1.97. The quantitative estimate of drug-likeness (QED) is 0.700. The number of rotatable bonds is 3. The average molecular weight is 224 g/mol. The molecule has 2 heterocycles. The first kappa shape index (κ1) is 9.77. The van der Waals surface area contributed by atoms with E-state index in [2.05, 4.69) is 10.1 Å². The molecule has 0 amide bonds. The molecule has 1 saturated carbocycles.